The molecule has 0 aliphatic heterocycles. The van der Waals surface area contributed by atoms with Crippen LogP contribution in [0.3, 0.4) is 0 Å². The lowest BCUT2D eigenvalue weighted by molar-refractivity contribution is -0.137. The Morgan fingerprint density at radius 1 is 1.08 bits per heavy atom. The minimum Gasteiger partial charge on any atom is -0.493 e. The van der Waals surface area contributed by atoms with Gasteiger partial charge in [-0.15, -0.1) is 0 Å². The van der Waals surface area contributed by atoms with Crippen LogP contribution in [0.4, 0.5) is 16.3 Å². The van der Waals surface area contributed by atoms with E-state index in [-0.39, 0.29) is 24.8 Å². The van der Waals surface area contributed by atoms with Crippen LogP contribution in [-0.4, -0.2) is 44.7 Å². The smallest absolute Gasteiger partial charge is 0.324 e. The van der Waals surface area contributed by atoms with Crippen LogP contribution < -0.4 is 20.7 Å². The molecule has 1 aromatic carbocycles. The third kappa shape index (κ3) is 8.91. The van der Waals surface area contributed by atoms with E-state index in [0.717, 1.165) is 17.7 Å². The number of anilines is 2. The molecule has 0 saturated heterocycles. The van der Waals surface area contributed by atoms with E-state index in [4.69, 9.17) is 9.84 Å². The summed E-state index contributed by atoms with van der Waals surface area (Å²) in [5.74, 6) is 0.121. The first-order valence-corrected chi connectivity index (χ1v) is 12.4. The predicted molar refractivity (Wildman–Crippen MR) is 143 cm³/mol. The molecule has 1 unspecified atom stereocenters. The van der Waals surface area contributed by atoms with Gasteiger partial charge in [0.2, 0.25) is 5.91 Å². The number of amides is 3. The number of carboxylic acid groups (broad SMARTS) is 1. The third-order valence-electron chi connectivity index (χ3n) is 5.66. The zero-order chi connectivity index (χ0) is 27.5. The number of imidazole rings is 1. The minimum atomic E-state index is -0.826. The van der Waals surface area contributed by atoms with Gasteiger partial charge in [0.25, 0.3) is 0 Å². The maximum Gasteiger partial charge on any atom is 0.324 e. The number of aliphatic carboxylic acids is 1. The molecule has 0 bridgehead atoms. The monoisotopic (exact) mass is 522 g/mol. The van der Waals surface area contributed by atoms with Crippen molar-refractivity contribution in [2.24, 2.45) is 5.92 Å². The standard InChI is InChI=1S/C27H34N6O5/c1-18(2)14-21(22-16-33(17-29-22)13-5-7-25(35)36)31-24(34)15-19-8-10-20(11-9-19)30-27(37)32-26-23(38-3)6-4-12-28-26/h4,6,8-12,16-18,21H,5,7,13-15H2,1-3H3,(H,31,34)(H,35,36)(H2,28,30,32,37). The van der Waals surface area contributed by atoms with Gasteiger partial charge in [-0.25, -0.2) is 14.8 Å². The summed E-state index contributed by atoms with van der Waals surface area (Å²) in [6.45, 7) is 4.71. The Morgan fingerprint density at radius 3 is 2.53 bits per heavy atom. The van der Waals surface area contributed by atoms with E-state index in [2.05, 4.69) is 39.8 Å². The fraction of sp³-hybridized carbons (Fsp3) is 0.370. The molecule has 0 aliphatic carbocycles. The molecule has 0 spiro atoms. The number of aryl methyl sites for hydroxylation is 1. The molecule has 3 amide bonds. The molecule has 11 heteroatoms. The Balaban J connectivity index is 1.55. The van der Waals surface area contributed by atoms with Gasteiger partial charge in [-0.3, -0.25) is 14.9 Å². The van der Waals surface area contributed by atoms with Gasteiger partial charge in [-0.2, -0.15) is 0 Å². The van der Waals surface area contributed by atoms with Crippen molar-refractivity contribution in [1.82, 2.24) is 19.9 Å². The number of nitrogens with zero attached hydrogens (tertiary/aromatic N) is 3. The third-order valence-corrected chi connectivity index (χ3v) is 5.66. The highest BCUT2D eigenvalue weighted by molar-refractivity contribution is 5.99. The Kier molecular flexibility index (Phi) is 10.2. The predicted octanol–water partition coefficient (Wildman–Crippen LogP) is 4.24. The summed E-state index contributed by atoms with van der Waals surface area (Å²) in [7, 11) is 1.50. The first kappa shape index (κ1) is 28.2. The van der Waals surface area contributed by atoms with Gasteiger partial charge in [0.1, 0.15) is 0 Å². The molecule has 38 heavy (non-hydrogen) atoms. The van der Waals surface area contributed by atoms with Crippen molar-refractivity contribution in [3.8, 4) is 5.75 Å². The van der Waals surface area contributed by atoms with Gasteiger partial charge in [0, 0.05) is 31.0 Å². The Bertz CT molecular complexity index is 1220. The SMILES string of the molecule is COc1cccnc1NC(=O)Nc1ccc(CC(=O)NC(CC(C)C)c2cn(CCCC(=O)O)cn2)cc1. The Labute approximate surface area is 221 Å². The first-order valence-electron chi connectivity index (χ1n) is 12.4. The van der Waals surface area contributed by atoms with E-state index in [9.17, 15) is 14.4 Å². The molecule has 11 nitrogen and oxygen atoms in total. The van der Waals surface area contributed by atoms with Crippen molar-refractivity contribution in [2.45, 2.75) is 52.1 Å². The molecule has 202 valence electrons. The molecule has 0 saturated carbocycles. The zero-order valence-electron chi connectivity index (χ0n) is 21.8. The lowest BCUT2D eigenvalue weighted by Crippen LogP contribution is -2.31. The quantitative estimate of drug-likeness (QED) is 0.262. The summed E-state index contributed by atoms with van der Waals surface area (Å²) in [4.78, 5) is 44.5. The summed E-state index contributed by atoms with van der Waals surface area (Å²) in [5, 5.41) is 17.3. The first-order chi connectivity index (χ1) is 18.2. The molecular formula is C27H34N6O5. The minimum absolute atomic E-state index is 0.0949. The molecule has 2 aromatic heterocycles. The van der Waals surface area contributed by atoms with E-state index in [1.165, 1.54) is 7.11 Å². The van der Waals surface area contributed by atoms with Crippen LogP contribution in [0, 0.1) is 5.92 Å². The summed E-state index contributed by atoms with van der Waals surface area (Å²) in [6, 6.07) is 9.70. The average molecular weight is 523 g/mol. The van der Waals surface area contributed by atoms with Gasteiger partial charge in [0.15, 0.2) is 11.6 Å². The number of hydrogen-bond acceptors (Lipinski definition) is 6. The van der Waals surface area contributed by atoms with E-state index in [1.54, 1.807) is 48.9 Å². The van der Waals surface area contributed by atoms with E-state index >= 15 is 0 Å². The maximum absolute atomic E-state index is 12.8. The second-order valence-electron chi connectivity index (χ2n) is 9.29. The molecule has 3 rings (SSSR count). The van der Waals surface area contributed by atoms with E-state index < -0.39 is 12.0 Å². The topological polar surface area (TPSA) is 147 Å². The molecule has 1 atom stereocenters. The van der Waals surface area contributed by atoms with Gasteiger partial charge >= 0.3 is 12.0 Å². The molecule has 2 heterocycles. The van der Waals surface area contributed by atoms with E-state index in [0.29, 0.717) is 36.1 Å². The van der Waals surface area contributed by atoms with Crippen molar-refractivity contribution in [1.29, 1.82) is 0 Å². The van der Waals surface area contributed by atoms with Crippen LogP contribution in [0.1, 0.15) is 50.4 Å². The normalized spacial score (nSPS) is 11.6. The van der Waals surface area contributed by atoms with Crippen LogP contribution in [0.25, 0.3) is 0 Å². The lowest BCUT2D eigenvalue weighted by Gasteiger charge is -2.19. The molecule has 0 radical (unpaired) electrons. The zero-order valence-corrected chi connectivity index (χ0v) is 21.8. The summed E-state index contributed by atoms with van der Waals surface area (Å²) in [5.41, 5.74) is 2.10. The van der Waals surface area contributed by atoms with Crippen LogP contribution in [-0.2, 0) is 22.6 Å². The number of aromatic nitrogens is 3. The number of carbonyl (C=O) groups excluding carboxylic acids is 2. The molecule has 0 aliphatic rings. The Hall–Kier alpha value is -4.41. The summed E-state index contributed by atoms with van der Waals surface area (Å²) >= 11 is 0. The van der Waals surface area contributed by atoms with Crippen LogP contribution in [0.2, 0.25) is 0 Å². The Morgan fingerprint density at radius 2 is 1.84 bits per heavy atom. The fourth-order valence-electron chi connectivity index (χ4n) is 3.87. The van der Waals surface area contributed by atoms with Gasteiger partial charge < -0.3 is 25.0 Å². The van der Waals surface area contributed by atoms with Crippen molar-refractivity contribution in [2.75, 3.05) is 17.7 Å². The number of nitrogens with one attached hydrogen (secondary N) is 3. The number of urea groups is 1. The van der Waals surface area contributed by atoms with Crippen LogP contribution >= 0.6 is 0 Å². The highest BCUT2D eigenvalue weighted by atomic mass is 16.5. The van der Waals surface area contributed by atoms with Crippen LogP contribution in [0.5, 0.6) is 5.75 Å². The average Bonchev–Trinajstić information content (AvgIpc) is 3.33. The highest BCUT2D eigenvalue weighted by Crippen LogP contribution is 2.22. The van der Waals surface area contributed by atoms with Gasteiger partial charge in [-0.1, -0.05) is 26.0 Å². The fourth-order valence-corrected chi connectivity index (χ4v) is 3.87. The van der Waals surface area contributed by atoms with Crippen molar-refractivity contribution < 1.29 is 24.2 Å². The lowest BCUT2D eigenvalue weighted by atomic mass is 10.0. The number of benzene rings is 1. The summed E-state index contributed by atoms with van der Waals surface area (Å²) in [6.07, 6.45) is 6.58. The number of pyridine rings is 1. The molecule has 4 N–H and O–H groups in total. The second-order valence-corrected chi connectivity index (χ2v) is 9.29. The number of hydrogen-bond donors (Lipinski definition) is 4. The molecular weight excluding hydrogens is 488 g/mol. The van der Waals surface area contributed by atoms with Crippen molar-refractivity contribution >= 4 is 29.4 Å². The summed E-state index contributed by atoms with van der Waals surface area (Å²) < 4.78 is 7.03. The number of carbonyl (C=O) groups is 3. The van der Waals surface area contributed by atoms with Gasteiger partial charge in [0.05, 0.1) is 31.6 Å². The number of ether oxygens (including phenoxy) is 1. The molecule has 0 fully saturated rings. The van der Waals surface area contributed by atoms with Crippen LogP contribution in [0.15, 0.2) is 55.1 Å². The number of methoxy groups -OCH3 is 1. The van der Waals surface area contributed by atoms with Crippen molar-refractivity contribution in [3.05, 3.63) is 66.4 Å². The van der Waals surface area contributed by atoms with Crippen molar-refractivity contribution in [3.63, 3.8) is 0 Å². The number of rotatable bonds is 13. The largest absolute Gasteiger partial charge is 0.493 e. The maximum atomic E-state index is 12.8. The van der Waals surface area contributed by atoms with Gasteiger partial charge in [-0.05, 0) is 48.6 Å². The molecule has 3 aromatic rings. The van der Waals surface area contributed by atoms with E-state index in [1.807, 2.05) is 10.8 Å². The second kappa shape index (κ2) is 13.8. The highest BCUT2D eigenvalue weighted by Gasteiger charge is 2.19. The number of carboxylic acids is 1.